The largest absolute Gasteiger partial charge is 0.478 e. The van der Waals surface area contributed by atoms with Crippen molar-refractivity contribution in [2.75, 3.05) is 0 Å². The summed E-state index contributed by atoms with van der Waals surface area (Å²) < 4.78 is 37.4. The molecule has 1 aromatic rings. The molecule has 1 aromatic heterocycles. The van der Waals surface area contributed by atoms with Gasteiger partial charge in [0.15, 0.2) is 0 Å². The van der Waals surface area contributed by atoms with Crippen molar-refractivity contribution in [3.8, 4) is 0 Å². The minimum absolute atomic E-state index is 0.0681. The highest BCUT2D eigenvalue weighted by molar-refractivity contribution is 5.88. The van der Waals surface area contributed by atoms with Crippen LogP contribution >= 0.6 is 0 Å². The van der Waals surface area contributed by atoms with Crippen molar-refractivity contribution in [3.05, 3.63) is 17.5 Å². The molecule has 0 aliphatic carbocycles. The van der Waals surface area contributed by atoms with E-state index >= 15 is 0 Å². The van der Waals surface area contributed by atoms with Crippen LogP contribution in [0.15, 0.2) is 6.20 Å². The number of carbonyl (C=O) groups is 1. The van der Waals surface area contributed by atoms with Crippen molar-refractivity contribution in [1.29, 1.82) is 0 Å². The predicted molar refractivity (Wildman–Crippen MR) is 44.7 cm³/mol. The van der Waals surface area contributed by atoms with Crippen LogP contribution in [-0.4, -0.2) is 27.0 Å². The Morgan fingerprint density at radius 1 is 1.60 bits per heavy atom. The summed E-state index contributed by atoms with van der Waals surface area (Å²) >= 11 is 0. The van der Waals surface area contributed by atoms with Gasteiger partial charge in [-0.25, -0.2) is 4.79 Å². The van der Waals surface area contributed by atoms with Gasteiger partial charge in [-0.1, -0.05) is 0 Å². The number of carboxylic acid groups (broad SMARTS) is 1. The van der Waals surface area contributed by atoms with Crippen LogP contribution in [0.5, 0.6) is 0 Å². The quantitative estimate of drug-likeness (QED) is 0.832. The molecule has 1 atom stereocenters. The van der Waals surface area contributed by atoms with Gasteiger partial charge in [-0.05, 0) is 13.8 Å². The summed E-state index contributed by atoms with van der Waals surface area (Å²) in [7, 11) is 0. The maximum Gasteiger partial charge on any atom is 0.410 e. The van der Waals surface area contributed by atoms with Crippen LogP contribution in [0.25, 0.3) is 0 Å². The molecule has 0 saturated heterocycles. The number of aromatic nitrogens is 2. The van der Waals surface area contributed by atoms with Gasteiger partial charge in [0, 0.05) is 6.20 Å². The van der Waals surface area contributed by atoms with Crippen LogP contribution in [0.3, 0.4) is 0 Å². The van der Waals surface area contributed by atoms with Crippen molar-refractivity contribution in [2.45, 2.75) is 26.1 Å². The number of aromatic carboxylic acids is 1. The number of hydrogen-bond donors (Lipinski definition) is 1. The molecule has 0 spiro atoms. The van der Waals surface area contributed by atoms with Gasteiger partial charge in [0.2, 0.25) is 0 Å². The predicted octanol–water partition coefficient (Wildman–Crippen LogP) is 2.01. The number of carboxylic acids is 1. The van der Waals surface area contributed by atoms with E-state index in [1.807, 2.05) is 0 Å². The molecule has 4 nitrogen and oxygen atoms in total. The highest BCUT2D eigenvalue weighted by Gasteiger charge is 2.38. The van der Waals surface area contributed by atoms with Crippen molar-refractivity contribution >= 4 is 5.97 Å². The average Bonchev–Trinajstić information content (AvgIpc) is 2.44. The Morgan fingerprint density at radius 2 is 2.13 bits per heavy atom. The van der Waals surface area contributed by atoms with Crippen LogP contribution in [0.2, 0.25) is 0 Å². The minimum Gasteiger partial charge on any atom is -0.478 e. The summed E-state index contributed by atoms with van der Waals surface area (Å²) in [6.45, 7) is 2.26. The second-order valence-corrected chi connectivity index (χ2v) is 3.13. The number of aryl methyl sites for hydroxylation is 1. The summed E-state index contributed by atoms with van der Waals surface area (Å²) in [6.07, 6.45) is -3.55. The zero-order valence-corrected chi connectivity index (χ0v) is 8.04. The zero-order valence-electron chi connectivity index (χ0n) is 8.04. The van der Waals surface area contributed by atoms with Gasteiger partial charge in [-0.3, -0.25) is 4.68 Å². The number of alkyl halides is 3. The molecule has 0 saturated carbocycles. The Morgan fingerprint density at radius 3 is 2.47 bits per heavy atom. The normalized spacial score (nSPS) is 13.9. The van der Waals surface area contributed by atoms with E-state index in [2.05, 4.69) is 5.10 Å². The van der Waals surface area contributed by atoms with Crippen molar-refractivity contribution < 1.29 is 23.1 Å². The van der Waals surface area contributed by atoms with Crippen LogP contribution in [-0.2, 0) is 0 Å². The van der Waals surface area contributed by atoms with Crippen LogP contribution < -0.4 is 0 Å². The fraction of sp³-hybridized carbons (Fsp3) is 0.500. The third-order valence-corrected chi connectivity index (χ3v) is 2.02. The first-order valence-corrected chi connectivity index (χ1v) is 4.09. The van der Waals surface area contributed by atoms with E-state index in [9.17, 15) is 18.0 Å². The second kappa shape index (κ2) is 3.56. The summed E-state index contributed by atoms with van der Waals surface area (Å²) in [5.41, 5.74) is -0.148. The Hall–Kier alpha value is -1.53. The summed E-state index contributed by atoms with van der Waals surface area (Å²) in [6, 6.07) is -1.83. The van der Waals surface area contributed by atoms with Crippen LogP contribution in [0, 0.1) is 6.92 Å². The van der Waals surface area contributed by atoms with Crippen molar-refractivity contribution in [2.24, 2.45) is 0 Å². The van der Waals surface area contributed by atoms with E-state index < -0.39 is 18.2 Å². The lowest BCUT2D eigenvalue weighted by Crippen LogP contribution is -2.24. The van der Waals surface area contributed by atoms with Gasteiger partial charge in [0.1, 0.15) is 11.6 Å². The molecule has 1 unspecified atom stereocenters. The maximum absolute atomic E-state index is 12.3. The fourth-order valence-corrected chi connectivity index (χ4v) is 1.04. The number of nitrogens with zero attached hydrogens (tertiary/aromatic N) is 2. The van der Waals surface area contributed by atoms with E-state index in [-0.39, 0.29) is 11.3 Å². The van der Waals surface area contributed by atoms with Gasteiger partial charge in [-0.2, -0.15) is 18.3 Å². The molecule has 0 aliphatic heterocycles. The molecule has 1 rings (SSSR count). The first kappa shape index (κ1) is 11.5. The van der Waals surface area contributed by atoms with Gasteiger partial charge < -0.3 is 5.11 Å². The van der Waals surface area contributed by atoms with Crippen molar-refractivity contribution in [1.82, 2.24) is 9.78 Å². The standard InChI is InChI=1S/C8H9F3N2O2/c1-4-6(7(14)15)3-13(12-4)5(2)8(9,10)11/h3,5H,1-2H3,(H,14,15). The molecule has 0 aliphatic rings. The smallest absolute Gasteiger partial charge is 0.410 e. The van der Waals surface area contributed by atoms with Crippen LogP contribution in [0.4, 0.5) is 13.2 Å². The summed E-state index contributed by atoms with van der Waals surface area (Å²) in [5.74, 6) is -1.28. The van der Waals surface area contributed by atoms with E-state index in [1.165, 1.54) is 6.92 Å². The van der Waals surface area contributed by atoms with E-state index in [4.69, 9.17) is 5.11 Å². The molecule has 0 fully saturated rings. The Balaban J connectivity index is 3.08. The van der Waals surface area contributed by atoms with Crippen molar-refractivity contribution in [3.63, 3.8) is 0 Å². The van der Waals surface area contributed by atoms with Gasteiger partial charge in [0.25, 0.3) is 0 Å². The molecule has 0 bridgehead atoms. The summed E-state index contributed by atoms with van der Waals surface area (Å²) in [5, 5.41) is 12.1. The van der Waals surface area contributed by atoms with Gasteiger partial charge >= 0.3 is 12.1 Å². The minimum atomic E-state index is -4.44. The lowest BCUT2D eigenvalue weighted by atomic mass is 10.3. The molecule has 15 heavy (non-hydrogen) atoms. The fourth-order valence-electron chi connectivity index (χ4n) is 1.04. The van der Waals surface area contributed by atoms with Gasteiger partial charge in [0.05, 0.1) is 5.69 Å². The van der Waals surface area contributed by atoms with E-state index in [0.717, 1.165) is 13.1 Å². The number of hydrogen-bond acceptors (Lipinski definition) is 2. The lowest BCUT2D eigenvalue weighted by Gasteiger charge is -2.15. The van der Waals surface area contributed by atoms with Crippen LogP contribution in [0.1, 0.15) is 29.0 Å². The Labute approximate surface area is 83.3 Å². The molecular weight excluding hydrogens is 213 g/mol. The van der Waals surface area contributed by atoms with Gasteiger partial charge in [-0.15, -0.1) is 0 Å². The molecule has 1 heterocycles. The molecule has 0 aromatic carbocycles. The molecule has 1 N–H and O–H groups in total. The summed E-state index contributed by atoms with van der Waals surface area (Å²) in [4.78, 5) is 10.6. The molecular formula is C8H9F3N2O2. The van der Waals surface area contributed by atoms with E-state index in [1.54, 1.807) is 0 Å². The molecule has 0 radical (unpaired) electrons. The SMILES string of the molecule is Cc1nn(C(C)C(F)(F)F)cc1C(=O)O. The molecule has 7 heteroatoms. The third kappa shape index (κ3) is 2.28. The first-order valence-electron chi connectivity index (χ1n) is 4.09. The molecule has 0 amide bonds. The maximum atomic E-state index is 12.3. The first-order chi connectivity index (χ1) is 6.73. The highest BCUT2D eigenvalue weighted by Crippen LogP contribution is 2.29. The average molecular weight is 222 g/mol. The topological polar surface area (TPSA) is 55.1 Å². The monoisotopic (exact) mass is 222 g/mol. The molecule has 84 valence electrons. The third-order valence-electron chi connectivity index (χ3n) is 2.02. The van der Waals surface area contributed by atoms with E-state index in [0.29, 0.717) is 4.68 Å². The Bertz CT molecular complexity index is 384. The Kier molecular flexibility index (Phi) is 2.74. The number of rotatable bonds is 2. The lowest BCUT2D eigenvalue weighted by molar-refractivity contribution is -0.165. The highest BCUT2D eigenvalue weighted by atomic mass is 19.4. The number of halogens is 3. The zero-order chi connectivity index (χ0) is 11.8. The second-order valence-electron chi connectivity index (χ2n) is 3.13.